The molecule has 138 valence electrons. The monoisotopic (exact) mass is 385 g/mol. The van der Waals surface area contributed by atoms with Crippen LogP contribution in [-0.4, -0.2) is 4.57 Å². The molecule has 0 amide bonds. The van der Waals surface area contributed by atoms with E-state index in [9.17, 15) is 15.3 Å². The van der Waals surface area contributed by atoms with E-state index in [-0.39, 0.29) is 11.1 Å². The van der Waals surface area contributed by atoms with Gasteiger partial charge in [0.15, 0.2) is 5.57 Å². The zero-order valence-electron chi connectivity index (χ0n) is 16.0. The van der Waals surface area contributed by atoms with E-state index in [2.05, 4.69) is 6.92 Å². The van der Waals surface area contributed by atoms with Gasteiger partial charge in [-0.3, -0.25) is 9.36 Å². The highest BCUT2D eigenvalue weighted by molar-refractivity contribution is 7.07. The lowest BCUT2D eigenvalue weighted by molar-refractivity contribution is 0.983. The first-order valence-electron chi connectivity index (χ1n) is 8.93. The average Bonchev–Trinajstić information content (AvgIpc) is 3.02. The molecule has 3 aromatic rings. The number of rotatable bonds is 3. The standard InChI is InChI=1S/C23H19N3OS/c1-4-17-6-8-18(9-7-17)12-21-22(27)26(23(28-21)19(13-24)14-25)20-10-5-15(2)16(3)11-20/h5-12H,4H2,1-3H3/b21-12-. The third kappa shape index (κ3) is 3.67. The van der Waals surface area contributed by atoms with Crippen molar-refractivity contribution in [2.24, 2.45) is 0 Å². The van der Waals surface area contributed by atoms with Gasteiger partial charge < -0.3 is 0 Å². The maximum absolute atomic E-state index is 13.2. The van der Waals surface area contributed by atoms with Crippen LogP contribution in [0.5, 0.6) is 0 Å². The van der Waals surface area contributed by atoms with Gasteiger partial charge in [0.25, 0.3) is 5.56 Å². The van der Waals surface area contributed by atoms with Gasteiger partial charge in [0.2, 0.25) is 0 Å². The molecule has 0 unspecified atom stereocenters. The Hall–Kier alpha value is -3.41. The lowest BCUT2D eigenvalue weighted by Gasteiger charge is -2.06. The van der Waals surface area contributed by atoms with Gasteiger partial charge in [-0.2, -0.15) is 10.5 Å². The molecule has 5 heteroatoms. The van der Waals surface area contributed by atoms with Crippen LogP contribution in [0.1, 0.15) is 29.2 Å². The Balaban J connectivity index is 2.33. The topological polar surface area (TPSA) is 69.6 Å². The van der Waals surface area contributed by atoms with Crippen molar-refractivity contribution in [1.29, 1.82) is 10.5 Å². The molecule has 0 fully saturated rings. The van der Waals surface area contributed by atoms with E-state index >= 15 is 0 Å². The van der Waals surface area contributed by atoms with Crippen LogP contribution in [-0.2, 0) is 6.42 Å². The summed E-state index contributed by atoms with van der Waals surface area (Å²) in [6.45, 7) is 6.06. The summed E-state index contributed by atoms with van der Waals surface area (Å²) in [5.74, 6) is 0. The van der Waals surface area contributed by atoms with Crippen molar-refractivity contribution in [2.45, 2.75) is 27.2 Å². The molecular formula is C23H19N3OS. The second-order valence-corrected chi connectivity index (χ2v) is 7.55. The number of aryl methyl sites for hydroxylation is 3. The molecule has 0 saturated carbocycles. The maximum Gasteiger partial charge on any atom is 0.273 e. The first-order chi connectivity index (χ1) is 13.5. The average molecular weight is 385 g/mol. The van der Waals surface area contributed by atoms with Crippen LogP contribution < -0.4 is 14.8 Å². The molecule has 0 aliphatic carbocycles. The Labute approximate surface area is 167 Å². The molecule has 0 aliphatic rings. The molecule has 0 N–H and O–H groups in total. The van der Waals surface area contributed by atoms with E-state index in [1.54, 1.807) is 6.08 Å². The summed E-state index contributed by atoms with van der Waals surface area (Å²) in [7, 11) is 0. The minimum atomic E-state index is -0.231. The van der Waals surface area contributed by atoms with E-state index in [0.717, 1.165) is 23.1 Å². The Kier molecular flexibility index (Phi) is 5.59. The lowest BCUT2D eigenvalue weighted by Crippen LogP contribution is -2.30. The van der Waals surface area contributed by atoms with Crippen molar-refractivity contribution >= 4 is 23.0 Å². The normalized spacial score (nSPS) is 11.1. The van der Waals surface area contributed by atoms with Crippen LogP contribution in [0, 0.1) is 36.5 Å². The zero-order valence-corrected chi connectivity index (χ0v) is 16.8. The number of benzene rings is 2. The summed E-state index contributed by atoms with van der Waals surface area (Å²) in [5, 5.41) is 18.7. The molecule has 0 spiro atoms. The molecular weight excluding hydrogens is 366 g/mol. The molecule has 4 nitrogen and oxygen atoms in total. The minimum Gasteiger partial charge on any atom is -0.267 e. The highest BCUT2D eigenvalue weighted by atomic mass is 32.1. The fourth-order valence-corrected chi connectivity index (χ4v) is 3.93. The van der Waals surface area contributed by atoms with Crippen molar-refractivity contribution in [1.82, 2.24) is 4.57 Å². The molecule has 0 saturated heterocycles. The van der Waals surface area contributed by atoms with E-state index in [0.29, 0.717) is 14.9 Å². The van der Waals surface area contributed by atoms with E-state index in [4.69, 9.17) is 0 Å². The smallest absolute Gasteiger partial charge is 0.267 e. The van der Waals surface area contributed by atoms with Gasteiger partial charge in [0.05, 0.1) is 10.2 Å². The minimum absolute atomic E-state index is 0.0682. The van der Waals surface area contributed by atoms with Crippen molar-refractivity contribution in [3.8, 4) is 17.8 Å². The largest absolute Gasteiger partial charge is 0.273 e. The van der Waals surface area contributed by atoms with E-state index in [1.807, 2.05) is 68.5 Å². The van der Waals surface area contributed by atoms with Gasteiger partial charge in [-0.1, -0.05) is 37.3 Å². The summed E-state index contributed by atoms with van der Waals surface area (Å²) in [5.41, 5.74) is 4.64. The first kappa shape index (κ1) is 19.4. The van der Waals surface area contributed by atoms with Crippen LogP contribution in [0.15, 0.2) is 47.3 Å². The summed E-state index contributed by atoms with van der Waals surface area (Å²) in [6.07, 6.45) is 2.76. The van der Waals surface area contributed by atoms with Crippen molar-refractivity contribution in [3.05, 3.63) is 84.3 Å². The van der Waals surface area contributed by atoms with Crippen LogP contribution in [0.4, 0.5) is 0 Å². The highest BCUT2D eigenvalue weighted by Crippen LogP contribution is 2.12. The summed E-state index contributed by atoms with van der Waals surface area (Å²) >= 11 is 1.17. The summed E-state index contributed by atoms with van der Waals surface area (Å²) in [4.78, 5) is 13.2. The van der Waals surface area contributed by atoms with Gasteiger partial charge in [-0.25, -0.2) is 0 Å². The molecule has 1 aromatic heterocycles. The fraction of sp³-hybridized carbons (Fsp3) is 0.174. The fourth-order valence-electron chi connectivity index (χ4n) is 2.87. The molecule has 3 rings (SSSR count). The Morgan fingerprint density at radius 1 is 1.07 bits per heavy atom. The summed E-state index contributed by atoms with van der Waals surface area (Å²) in [6, 6.07) is 17.5. The van der Waals surface area contributed by atoms with Crippen molar-refractivity contribution in [2.75, 3.05) is 0 Å². The second kappa shape index (κ2) is 8.08. The number of nitrogens with zero attached hydrogens (tertiary/aromatic N) is 3. The third-order valence-electron chi connectivity index (χ3n) is 4.70. The molecule has 0 atom stereocenters. The van der Waals surface area contributed by atoms with Gasteiger partial charge in [0, 0.05) is 0 Å². The van der Waals surface area contributed by atoms with Crippen LogP contribution in [0.3, 0.4) is 0 Å². The lowest BCUT2D eigenvalue weighted by atomic mass is 10.1. The van der Waals surface area contributed by atoms with Gasteiger partial charge in [0.1, 0.15) is 16.8 Å². The van der Waals surface area contributed by atoms with Crippen LogP contribution in [0.2, 0.25) is 0 Å². The number of aromatic nitrogens is 1. The molecule has 2 aromatic carbocycles. The first-order valence-corrected chi connectivity index (χ1v) is 9.74. The number of hydrogen-bond donors (Lipinski definition) is 0. The predicted molar refractivity (Wildman–Crippen MR) is 113 cm³/mol. The van der Waals surface area contributed by atoms with Gasteiger partial charge in [-0.05, 0) is 60.7 Å². The Morgan fingerprint density at radius 3 is 2.32 bits per heavy atom. The van der Waals surface area contributed by atoms with E-state index in [1.165, 1.54) is 21.5 Å². The van der Waals surface area contributed by atoms with Crippen LogP contribution in [0.25, 0.3) is 17.3 Å². The third-order valence-corrected chi connectivity index (χ3v) is 5.79. The quantitative estimate of drug-likeness (QED) is 0.696. The number of thiazole rings is 1. The van der Waals surface area contributed by atoms with Gasteiger partial charge >= 0.3 is 0 Å². The van der Waals surface area contributed by atoms with Crippen molar-refractivity contribution in [3.63, 3.8) is 0 Å². The molecule has 0 bridgehead atoms. The Bertz CT molecular complexity index is 1280. The van der Waals surface area contributed by atoms with Gasteiger partial charge in [-0.15, -0.1) is 11.3 Å². The number of nitriles is 2. The van der Waals surface area contributed by atoms with Crippen LogP contribution >= 0.6 is 11.3 Å². The SMILES string of the molecule is CCc1ccc(/C=c2\sc(=C(C#N)C#N)n(-c3ccc(C)c(C)c3)c2=O)cc1. The molecule has 1 heterocycles. The van der Waals surface area contributed by atoms with Crippen molar-refractivity contribution < 1.29 is 0 Å². The molecule has 0 aliphatic heterocycles. The second-order valence-electron chi connectivity index (χ2n) is 6.52. The molecule has 28 heavy (non-hydrogen) atoms. The summed E-state index contributed by atoms with van der Waals surface area (Å²) < 4.78 is 2.31. The predicted octanol–water partition coefficient (Wildman–Crippen LogP) is 3.10. The maximum atomic E-state index is 13.2. The zero-order chi connectivity index (χ0) is 20.3. The highest BCUT2D eigenvalue weighted by Gasteiger charge is 2.12. The van der Waals surface area contributed by atoms with E-state index < -0.39 is 0 Å². The Morgan fingerprint density at radius 2 is 1.75 bits per heavy atom. The number of hydrogen-bond acceptors (Lipinski definition) is 4. The molecule has 0 radical (unpaired) electrons.